The van der Waals surface area contributed by atoms with Crippen molar-refractivity contribution in [3.05, 3.63) is 94.3 Å². The number of benzene rings is 2. The van der Waals surface area contributed by atoms with Gasteiger partial charge in [0, 0.05) is 30.5 Å². The molecule has 2 heteroatoms. The fraction of sp³-hybridized carbons (Fsp3) is 0.619. The molecule has 1 aliphatic heterocycles. The second kappa shape index (κ2) is 15.2. The molecule has 240 valence electrons. The lowest BCUT2D eigenvalue weighted by Crippen LogP contribution is -2.41. The second-order valence-corrected chi connectivity index (χ2v) is 15.5. The highest BCUT2D eigenvalue weighted by Crippen LogP contribution is 2.47. The summed E-state index contributed by atoms with van der Waals surface area (Å²) in [6.45, 7) is 14.2. The van der Waals surface area contributed by atoms with Crippen LogP contribution < -0.4 is 5.32 Å². The van der Waals surface area contributed by atoms with Gasteiger partial charge >= 0.3 is 0 Å². The van der Waals surface area contributed by atoms with Crippen molar-refractivity contribution in [1.82, 2.24) is 10.2 Å². The predicted octanol–water partition coefficient (Wildman–Crippen LogP) is 11.1. The van der Waals surface area contributed by atoms with E-state index in [1.54, 1.807) is 11.1 Å². The molecule has 0 bridgehead atoms. The maximum atomic E-state index is 3.73. The molecule has 2 aromatic rings. The van der Waals surface area contributed by atoms with Crippen molar-refractivity contribution in [2.45, 2.75) is 143 Å². The molecule has 1 heterocycles. The highest BCUT2D eigenvalue weighted by atomic mass is 15.2. The summed E-state index contributed by atoms with van der Waals surface area (Å²) in [7, 11) is 0. The van der Waals surface area contributed by atoms with Gasteiger partial charge in [0.2, 0.25) is 0 Å². The van der Waals surface area contributed by atoms with Crippen LogP contribution in [0.15, 0.2) is 77.6 Å². The van der Waals surface area contributed by atoms with E-state index in [1.165, 1.54) is 99.6 Å². The summed E-state index contributed by atoms with van der Waals surface area (Å²) in [5.74, 6) is 0.708. The molecule has 1 N–H and O–H groups in total. The second-order valence-electron chi connectivity index (χ2n) is 15.5. The lowest BCUT2D eigenvalue weighted by molar-refractivity contribution is 0.107. The third-order valence-electron chi connectivity index (χ3n) is 11.6. The molecular formula is C42H62N2. The van der Waals surface area contributed by atoms with E-state index >= 15 is 0 Å². The first kappa shape index (κ1) is 32.9. The van der Waals surface area contributed by atoms with Crippen molar-refractivity contribution in [3.63, 3.8) is 0 Å². The van der Waals surface area contributed by atoms with Gasteiger partial charge in [0.25, 0.3) is 0 Å². The van der Waals surface area contributed by atoms with E-state index < -0.39 is 0 Å². The number of rotatable bonds is 13. The lowest BCUT2D eigenvalue weighted by Gasteiger charge is -2.42. The number of aryl methyl sites for hydroxylation is 1. The zero-order valence-corrected chi connectivity index (χ0v) is 28.9. The summed E-state index contributed by atoms with van der Waals surface area (Å²) in [6.07, 6.45) is 21.8. The number of nitrogens with one attached hydrogen (secondary N) is 1. The molecule has 0 spiro atoms. The number of nitrogens with zero attached hydrogens (tertiary/aromatic N) is 1. The Morgan fingerprint density at radius 3 is 2.11 bits per heavy atom. The third kappa shape index (κ3) is 8.61. The SMILES string of the molecule is CCCC1=C(CC)C(N(CCc2ccccc2)C2CCC(c3ccc(CCCC4(C)CCC(C)(C)CC4)cc3)CC2)=CCN1. The topological polar surface area (TPSA) is 15.3 Å². The Kier molecular flexibility index (Phi) is 11.4. The normalized spacial score (nSPS) is 23.2. The average Bonchev–Trinajstić information content (AvgIpc) is 3.04. The van der Waals surface area contributed by atoms with Gasteiger partial charge in [0.05, 0.1) is 0 Å². The zero-order chi connectivity index (χ0) is 31.0. The van der Waals surface area contributed by atoms with Crippen LogP contribution in [0.5, 0.6) is 0 Å². The molecule has 2 aromatic carbocycles. The molecule has 2 aliphatic carbocycles. The first-order valence-electron chi connectivity index (χ1n) is 18.3. The minimum Gasteiger partial charge on any atom is -0.385 e. The lowest BCUT2D eigenvalue weighted by atomic mass is 9.64. The van der Waals surface area contributed by atoms with Gasteiger partial charge in [-0.1, -0.05) is 95.6 Å². The summed E-state index contributed by atoms with van der Waals surface area (Å²) in [5.41, 5.74) is 10.3. The average molecular weight is 595 g/mol. The Bertz CT molecular complexity index is 1220. The summed E-state index contributed by atoms with van der Waals surface area (Å²) in [6, 6.07) is 21.6. The van der Waals surface area contributed by atoms with Crippen molar-refractivity contribution >= 4 is 0 Å². The van der Waals surface area contributed by atoms with E-state index in [0.29, 0.717) is 22.8 Å². The molecule has 5 rings (SSSR count). The maximum Gasteiger partial charge on any atom is 0.0395 e. The van der Waals surface area contributed by atoms with Crippen LogP contribution in [-0.2, 0) is 12.8 Å². The number of hydrogen-bond donors (Lipinski definition) is 1. The van der Waals surface area contributed by atoms with Gasteiger partial charge in [-0.15, -0.1) is 0 Å². The molecule has 3 aliphatic rings. The first-order valence-corrected chi connectivity index (χ1v) is 18.3. The summed E-state index contributed by atoms with van der Waals surface area (Å²) >= 11 is 0. The molecule has 0 atom stereocenters. The minimum absolute atomic E-state index is 0.563. The van der Waals surface area contributed by atoms with Gasteiger partial charge in [0.1, 0.15) is 0 Å². The van der Waals surface area contributed by atoms with Crippen LogP contribution in [0, 0.1) is 10.8 Å². The van der Waals surface area contributed by atoms with Gasteiger partial charge in [0.15, 0.2) is 0 Å². The van der Waals surface area contributed by atoms with Crippen molar-refractivity contribution in [2.75, 3.05) is 13.1 Å². The molecule has 44 heavy (non-hydrogen) atoms. The van der Waals surface area contributed by atoms with Crippen LogP contribution in [0.1, 0.15) is 141 Å². The Morgan fingerprint density at radius 2 is 1.45 bits per heavy atom. The maximum absolute atomic E-state index is 3.73. The van der Waals surface area contributed by atoms with Crippen molar-refractivity contribution < 1.29 is 0 Å². The Hall–Kier alpha value is -2.48. The first-order chi connectivity index (χ1) is 21.3. The number of dihydropyridines is 1. The van der Waals surface area contributed by atoms with Gasteiger partial charge in [-0.25, -0.2) is 0 Å². The molecule has 2 nitrogen and oxygen atoms in total. The Morgan fingerprint density at radius 1 is 0.773 bits per heavy atom. The highest BCUT2D eigenvalue weighted by molar-refractivity contribution is 5.38. The fourth-order valence-corrected chi connectivity index (χ4v) is 8.40. The minimum atomic E-state index is 0.563. The van der Waals surface area contributed by atoms with Crippen LogP contribution in [0.3, 0.4) is 0 Å². The van der Waals surface area contributed by atoms with Gasteiger partial charge in [-0.3, -0.25) is 0 Å². The summed E-state index contributed by atoms with van der Waals surface area (Å²) in [4.78, 5) is 2.83. The van der Waals surface area contributed by atoms with Crippen LogP contribution >= 0.6 is 0 Å². The largest absolute Gasteiger partial charge is 0.385 e. The zero-order valence-electron chi connectivity index (χ0n) is 28.9. The van der Waals surface area contributed by atoms with E-state index in [4.69, 9.17) is 0 Å². The van der Waals surface area contributed by atoms with E-state index in [9.17, 15) is 0 Å². The van der Waals surface area contributed by atoms with Crippen LogP contribution in [0.25, 0.3) is 0 Å². The molecule has 2 saturated carbocycles. The van der Waals surface area contributed by atoms with E-state index in [0.717, 1.165) is 32.4 Å². The van der Waals surface area contributed by atoms with Crippen LogP contribution in [0.2, 0.25) is 0 Å². The summed E-state index contributed by atoms with van der Waals surface area (Å²) < 4.78 is 0. The quantitative estimate of drug-likeness (QED) is 0.248. The smallest absolute Gasteiger partial charge is 0.0395 e. The van der Waals surface area contributed by atoms with Crippen molar-refractivity contribution in [2.24, 2.45) is 10.8 Å². The van der Waals surface area contributed by atoms with Crippen LogP contribution in [0.4, 0.5) is 0 Å². The number of allylic oxidation sites excluding steroid dienone is 2. The van der Waals surface area contributed by atoms with E-state index in [1.807, 2.05) is 0 Å². The third-order valence-corrected chi connectivity index (χ3v) is 11.6. The van der Waals surface area contributed by atoms with Crippen molar-refractivity contribution in [1.29, 1.82) is 0 Å². The molecule has 0 amide bonds. The molecule has 0 saturated heterocycles. The molecule has 0 radical (unpaired) electrons. The van der Waals surface area contributed by atoms with Crippen molar-refractivity contribution in [3.8, 4) is 0 Å². The molecular weight excluding hydrogens is 532 g/mol. The molecule has 2 fully saturated rings. The van der Waals surface area contributed by atoms with Gasteiger partial charge in [-0.05, 0) is 135 Å². The van der Waals surface area contributed by atoms with E-state index in [2.05, 4.69) is 106 Å². The molecule has 0 aromatic heterocycles. The van der Waals surface area contributed by atoms with Gasteiger partial charge < -0.3 is 10.2 Å². The fourth-order valence-electron chi connectivity index (χ4n) is 8.40. The van der Waals surface area contributed by atoms with Crippen LogP contribution in [-0.4, -0.2) is 24.0 Å². The Balaban J connectivity index is 1.18. The molecule has 0 unspecified atom stereocenters. The predicted molar refractivity (Wildman–Crippen MR) is 190 cm³/mol. The standard InChI is InChI=1S/C42H62N2/c1-6-12-39-38(7-2)40(24-31-43-39)44(32-25-33-13-9-8-10-14-33)37-22-20-36(21-23-37)35-18-16-34(17-19-35)15-11-26-42(5)29-27-41(3,4)28-30-42/h8-10,13-14,16-19,24,36-37,43H,6-7,11-12,15,20-23,25-32H2,1-5H3. The summed E-state index contributed by atoms with van der Waals surface area (Å²) in [5, 5.41) is 3.73. The monoisotopic (exact) mass is 594 g/mol. The Labute approximate surface area is 270 Å². The highest BCUT2D eigenvalue weighted by Gasteiger charge is 2.34. The van der Waals surface area contributed by atoms with E-state index in [-0.39, 0.29) is 0 Å². The van der Waals surface area contributed by atoms with Gasteiger partial charge in [-0.2, -0.15) is 0 Å². The number of hydrogen-bond acceptors (Lipinski definition) is 2.